The van der Waals surface area contributed by atoms with Crippen molar-refractivity contribution in [2.24, 2.45) is 5.73 Å². The van der Waals surface area contributed by atoms with Gasteiger partial charge in [-0.15, -0.1) is 0 Å². The summed E-state index contributed by atoms with van der Waals surface area (Å²) < 4.78 is 0. The first-order valence-corrected chi connectivity index (χ1v) is 4.80. The van der Waals surface area contributed by atoms with Crippen molar-refractivity contribution in [3.63, 3.8) is 0 Å². The van der Waals surface area contributed by atoms with Gasteiger partial charge in [-0.05, 0) is 12.8 Å². The predicted octanol–water partition coefficient (Wildman–Crippen LogP) is 0.875. The van der Waals surface area contributed by atoms with Crippen LogP contribution >= 0.6 is 0 Å². The zero-order valence-corrected chi connectivity index (χ0v) is 8.17. The fourth-order valence-corrected chi connectivity index (χ4v) is 1.79. The molecule has 0 aromatic carbocycles. The standard InChI is InChI=1S/C9H12N4O2/c10-9-2-1-3-12(9)7-4-8(13(14)15)6-11-5-7/h4-6,9H,1-3,10H2. The van der Waals surface area contributed by atoms with E-state index in [1.54, 1.807) is 6.20 Å². The molecule has 1 aromatic heterocycles. The van der Waals surface area contributed by atoms with Crippen molar-refractivity contribution in [1.82, 2.24) is 4.98 Å². The van der Waals surface area contributed by atoms with Gasteiger partial charge in [0.1, 0.15) is 6.20 Å². The number of aromatic nitrogens is 1. The van der Waals surface area contributed by atoms with Crippen molar-refractivity contribution in [1.29, 1.82) is 0 Å². The number of nitrogens with zero attached hydrogens (tertiary/aromatic N) is 3. The molecule has 0 saturated carbocycles. The van der Waals surface area contributed by atoms with Gasteiger partial charge in [0.05, 0.1) is 23.0 Å². The lowest BCUT2D eigenvalue weighted by Crippen LogP contribution is -2.36. The molecule has 1 aliphatic heterocycles. The summed E-state index contributed by atoms with van der Waals surface area (Å²) in [6, 6.07) is 1.51. The van der Waals surface area contributed by atoms with Gasteiger partial charge in [0.2, 0.25) is 0 Å². The van der Waals surface area contributed by atoms with E-state index in [2.05, 4.69) is 4.98 Å². The van der Waals surface area contributed by atoms with Crippen LogP contribution in [0.5, 0.6) is 0 Å². The lowest BCUT2D eigenvalue weighted by Gasteiger charge is -2.22. The maximum absolute atomic E-state index is 10.6. The third-order valence-corrected chi connectivity index (χ3v) is 2.55. The lowest BCUT2D eigenvalue weighted by atomic mass is 10.3. The molecule has 6 heteroatoms. The Morgan fingerprint density at radius 1 is 1.60 bits per heavy atom. The second-order valence-electron chi connectivity index (χ2n) is 3.56. The normalized spacial score (nSPS) is 20.6. The van der Waals surface area contributed by atoms with Crippen LogP contribution in [0.3, 0.4) is 0 Å². The molecule has 1 atom stereocenters. The van der Waals surface area contributed by atoms with Crippen LogP contribution < -0.4 is 10.6 Å². The molecule has 1 aliphatic rings. The number of pyridine rings is 1. The average molecular weight is 208 g/mol. The Hall–Kier alpha value is -1.69. The Kier molecular flexibility index (Phi) is 2.51. The number of anilines is 1. The van der Waals surface area contributed by atoms with Crippen LogP contribution in [-0.2, 0) is 0 Å². The number of nitrogens with two attached hydrogens (primary N) is 1. The number of rotatable bonds is 2. The Bertz CT molecular complexity index is 382. The van der Waals surface area contributed by atoms with Gasteiger partial charge in [-0.3, -0.25) is 15.1 Å². The van der Waals surface area contributed by atoms with E-state index in [0.717, 1.165) is 25.1 Å². The van der Waals surface area contributed by atoms with Gasteiger partial charge in [-0.2, -0.15) is 0 Å². The van der Waals surface area contributed by atoms with Crippen LogP contribution in [0.15, 0.2) is 18.5 Å². The second-order valence-corrected chi connectivity index (χ2v) is 3.56. The molecule has 2 rings (SSSR count). The molecule has 0 bridgehead atoms. The smallest absolute Gasteiger partial charge is 0.289 e. The third kappa shape index (κ3) is 1.89. The first kappa shape index (κ1) is 9.85. The molecule has 1 aromatic rings. The Morgan fingerprint density at radius 2 is 2.40 bits per heavy atom. The minimum atomic E-state index is -0.446. The molecular formula is C9H12N4O2. The van der Waals surface area contributed by atoms with Crippen molar-refractivity contribution >= 4 is 11.4 Å². The molecule has 2 heterocycles. The van der Waals surface area contributed by atoms with Gasteiger partial charge in [0, 0.05) is 12.6 Å². The van der Waals surface area contributed by atoms with E-state index < -0.39 is 4.92 Å². The van der Waals surface area contributed by atoms with Gasteiger partial charge < -0.3 is 10.6 Å². The summed E-state index contributed by atoms with van der Waals surface area (Å²) in [5.41, 5.74) is 6.60. The Balaban J connectivity index is 2.28. The van der Waals surface area contributed by atoms with Crippen molar-refractivity contribution in [3.05, 3.63) is 28.6 Å². The van der Waals surface area contributed by atoms with E-state index in [-0.39, 0.29) is 11.9 Å². The molecular weight excluding hydrogens is 196 g/mol. The third-order valence-electron chi connectivity index (χ3n) is 2.55. The summed E-state index contributed by atoms with van der Waals surface area (Å²) in [4.78, 5) is 15.9. The predicted molar refractivity (Wildman–Crippen MR) is 55.4 cm³/mol. The van der Waals surface area contributed by atoms with Crippen LogP contribution in [0.4, 0.5) is 11.4 Å². The molecule has 2 N–H and O–H groups in total. The van der Waals surface area contributed by atoms with Gasteiger partial charge in [0.25, 0.3) is 5.69 Å². The van der Waals surface area contributed by atoms with E-state index in [4.69, 9.17) is 5.73 Å². The van der Waals surface area contributed by atoms with Crippen LogP contribution in [0.1, 0.15) is 12.8 Å². The van der Waals surface area contributed by atoms with Crippen molar-refractivity contribution in [2.45, 2.75) is 19.0 Å². The maximum Gasteiger partial charge on any atom is 0.289 e. The summed E-state index contributed by atoms with van der Waals surface area (Å²) in [7, 11) is 0. The van der Waals surface area contributed by atoms with Crippen LogP contribution in [0.2, 0.25) is 0 Å². The highest BCUT2D eigenvalue weighted by molar-refractivity contribution is 5.51. The highest BCUT2D eigenvalue weighted by atomic mass is 16.6. The Morgan fingerprint density at radius 3 is 3.00 bits per heavy atom. The molecule has 0 aliphatic carbocycles. The lowest BCUT2D eigenvalue weighted by molar-refractivity contribution is -0.385. The molecule has 0 spiro atoms. The highest BCUT2D eigenvalue weighted by Gasteiger charge is 2.22. The van der Waals surface area contributed by atoms with Gasteiger partial charge >= 0.3 is 0 Å². The minimum absolute atomic E-state index is 0.00611. The molecule has 1 fully saturated rings. The van der Waals surface area contributed by atoms with Gasteiger partial charge in [-0.25, -0.2) is 0 Å². The van der Waals surface area contributed by atoms with Crippen LogP contribution in [-0.4, -0.2) is 22.6 Å². The topological polar surface area (TPSA) is 85.3 Å². The number of hydrogen-bond donors (Lipinski definition) is 1. The fourth-order valence-electron chi connectivity index (χ4n) is 1.79. The molecule has 1 unspecified atom stereocenters. The largest absolute Gasteiger partial charge is 0.355 e. The quantitative estimate of drug-likeness (QED) is 0.575. The summed E-state index contributed by atoms with van der Waals surface area (Å²) >= 11 is 0. The molecule has 6 nitrogen and oxygen atoms in total. The molecule has 0 amide bonds. The van der Waals surface area contributed by atoms with Crippen molar-refractivity contribution in [3.8, 4) is 0 Å². The van der Waals surface area contributed by atoms with Crippen molar-refractivity contribution in [2.75, 3.05) is 11.4 Å². The summed E-state index contributed by atoms with van der Waals surface area (Å²) in [5.74, 6) is 0. The Labute approximate surface area is 86.9 Å². The number of hydrogen-bond acceptors (Lipinski definition) is 5. The summed E-state index contributed by atoms with van der Waals surface area (Å²) in [6.07, 6.45) is 4.74. The maximum atomic E-state index is 10.6. The number of nitro groups is 1. The SMILES string of the molecule is NC1CCCN1c1cncc([N+](=O)[O-])c1. The van der Waals surface area contributed by atoms with Crippen LogP contribution in [0, 0.1) is 10.1 Å². The van der Waals surface area contributed by atoms with E-state index in [1.807, 2.05) is 4.90 Å². The van der Waals surface area contributed by atoms with E-state index in [1.165, 1.54) is 12.3 Å². The molecule has 15 heavy (non-hydrogen) atoms. The van der Waals surface area contributed by atoms with E-state index >= 15 is 0 Å². The second kappa shape index (κ2) is 3.82. The zero-order valence-electron chi connectivity index (χ0n) is 8.17. The van der Waals surface area contributed by atoms with Gasteiger partial charge in [-0.1, -0.05) is 0 Å². The fraction of sp³-hybridized carbons (Fsp3) is 0.444. The monoisotopic (exact) mass is 208 g/mol. The highest BCUT2D eigenvalue weighted by Crippen LogP contribution is 2.25. The average Bonchev–Trinajstić information content (AvgIpc) is 2.64. The van der Waals surface area contributed by atoms with E-state index in [9.17, 15) is 10.1 Å². The molecule has 1 saturated heterocycles. The molecule has 80 valence electrons. The van der Waals surface area contributed by atoms with E-state index in [0.29, 0.717) is 0 Å². The summed E-state index contributed by atoms with van der Waals surface area (Å²) in [5, 5.41) is 10.6. The first-order valence-electron chi connectivity index (χ1n) is 4.80. The van der Waals surface area contributed by atoms with Gasteiger partial charge in [0.15, 0.2) is 0 Å². The summed E-state index contributed by atoms with van der Waals surface area (Å²) in [6.45, 7) is 0.837. The first-order chi connectivity index (χ1) is 7.18. The minimum Gasteiger partial charge on any atom is -0.355 e. The zero-order chi connectivity index (χ0) is 10.8. The van der Waals surface area contributed by atoms with Crippen LogP contribution in [0.25, 0.3) is 0 Å². The molecule has 0 radical (unpaired) electrons. The van der Waals surface area contributed by atoms with Crippen molar-refractivity contribution < 1.29 is 4.92 Å².